The van der Waals surface area contributed by atoms with Crippen molar-refractivity contribution in [1.82, 2.24) is 4.90 Å². The number of nitrogens with zero attached hydrogens (tertiary/aromatic N) is 1. The molecule has 190 valence electrons. The Balaban J connectivity index is 0.00000432. The molecule has 0 radical (unpaired) electrons. The smallest absolute Gasteiger partial charge is 0.182 e. The van der Waals surface area contributed by atoms with Crippen LogP contribution in [0.1, 0.15) is 88.4 Å². The predicted molar refractivity (Wildman–Crippen MR) is 152 cm³/mol. The first-order chi connectivity index (χ1) is 15.8. The summed E-state index contributed by atoms with van der Waals surface area (Å²) in [6.07, 6.45) is 4.13. The number of halogens is 1. The van der Waals surface area contributed by atoms with Crippen molar-refractivity contribution in [3.8, 4) is 5.75 Å². The van der Waals surface area contributed by atoms with E-state index in [-0.39, 0.29) is 51.8 Å². The molecule has 2 aromatic rings. The third-order valence-corrected chi connectivity index (χ3v) is 6.61. The van der Waals surface area contributed by atoms with Crippen LogP contribution in [0.2, 0.25) is 0 Å². The number of amidine groups is 1. The number of hydrogen-bond donors (Lipinski definition) is 2. The average molecular weight is 542 g/mol. The van der Waals surface area contributed by atoms with Gasteiger partial charge in [-0.15, -0.1) is 17.0 Å². The molecule has 0 aliphatic carbocycles. The van der Waals surface area contributed by atoms with Gasteiger partial charge in [-0.25, -0.2) is 0 Å². The van der Waals surface area contributed by atoms with E-state index in [4.69, 9.17) is 5.41 Å². The molecular formula is C30H41BrN2O2. The second-order valence-electron chi connectivity index (χ2n) is 11.6. The maximum absolute atomic E-state index is 13.5. The molecule has 0 bridgehead atoms. The van der Waals surface area contributed by atoms with E-state index in [2.05, 4.69) is 66.7 Å². The standard InChI is InChI=1S/C30H40N2O2.BrH/c1-8-12-21-18-32(28(31)23(21)15-20-13-10-9-11-14-20)19-26(33)22-16-24(29(2,3)4)27(34)25(17-22)30(5,6)7;/h9-11,13-17,21,31,34H,8,12,18-19H2,1-7H3;1H. The largest absolute Gasteiger partial charge is 0.507 e. The van der Waals surface area contributed by atoms with Crippen LogP contribution in [0, 0.1) is 11.3 Å². The number of ketones is 1. The SMILES string of the molecule is Br.CCCC1CN(CC(=O)c2cc(C(C)(C)C)c(O)c(C(C)(C)C)c2)C(=N)C1=Cc1ccccc1. The molecule has 5 heteroatoms. The van der Waals surface area contributed by atoms with Gasteiger partial charge in [0.25, 0.3) is 0 Å². The molecule has 4 nitrogen and oxygen atoms in total. The van der Waals surface area contributed by atoms with Gasteiger partial charge in [-0.3, -0.25) is 10.2 Å². The molecule has 1 unspecified atom stereocenters. The maximum Gasteiger partial charge on any atom is 0.182 e. The number of Topliss-reactive ketones (excluding diaryl/α,β-unsaturated/α-hetero) is 1. The number of phenolic OH excluding ortho intramolecular Hbond substituents is 1. The molecule has 1 heterocycles. The molecule has 1 fully saturated rings. The van der Waals surface area contributed by atoms with Crippen LogP contribution in [0.4, 0.5) is 0 Å². The average Bonchev–Trinajstić information content (AvgIpc) is 3.02. The Labute approximate surface area is 221 Å². The molecule has 2 aromatic carbocycles. The maximum atomic E-state index is 13.5. The normalized spacial score (nSPS) is 17.6. The zero-order valence-corrected chi connectivity index (χ0v) is 23.9. The number of likely N-dealkylation sites (tertiary alicyclic amines) is 1. The van der Waals surface area contributed by atoms with Crippen molar-refractivity contribution >= 4 is 34.7 Å². The molecule has 1 atom stereocenters. The van der Waals surface area contributed by atoms with Crippen LogP contribution in [0.15, 0.2) is 48.0 Å². The van der Waals surface area contributed by atoms with Crippen molar-refractivity contribution in [3.63, 3.8) is 0 Å². The van der Waals surface area contributed by atoms with Crippen LogP contribution in [0.5, 0.6) is 5.75 Å². The summed E-state index contributed by atoms with van der Waals surface area (Å²) in [5, 5.41) is 19.9. The minimum Gasteiger partial charge on any atom is -0.507 e. The van der Waals surface area contributed by atoms with Crippen LogP contribution in [-0.2, 0) is 10.8 Å². The molecule has 0 saturated carbocycles. The lowest BCUT2D eigenvalue weighted by molar-refractivity contribution is 0.0963. The summed E-state index contributed by atoms with van der Waals surface area (Å²) in [7, 11) is 0. The highest BCUT2D eigenvalue weighted by Gasteiger charge is 2.34. The van der Waals surface area contributed by atoms with E-state index in [0.29, 0.717) is 17.9 Å². The Morgan fingerprint density at radius 1 is 1.06 bits per heavy atom. The molecular weight excluding hydrogens is 500 g/mol. The number of phenols is 1. The summed E-state index contributed by atoms with van der Waals surface area (Å²) in [5.41, 5.74) is 3.68. The fourth-order valence-electron chi connectivity index (χ4n) is 4.69. The second-order valence-corrected chi connectivity index (χ2v) is 11.6. The van der Waals surface area contributed by atoms with Crippen molar-refractivity contribution in [2.24, 2.45) is 5.92 Å². The minimum absolute atomic E-state index is 0. The monoisotopic (exact) mass is 540 g/mol. The molecule has 3 rings (SSSR count). The Morgan fingerprint density at radius 3 is 2.09 bits per heavy atom. The van der Waals surface area contributed by atoms with Gasteiger partial charge in [0.2, 0.25) is 0 Å². The predicted octanol–water partition coefficient (Wildman–Crippen LogP) is 7.54. The van der Waals surface area contributed by atoms with E-state index in [1.54, 1.807) is 0 Å². The van der Waals surface area contributed by atoms with Crippen molar-refractivity contribution in [1.29, 1.82) is 5.41 Å². The number of hydrogen-bond acceptors (Lipinski definition) is 3. The Morgan fingerprint density at radius 2 is 1.60 bits per heavy atom. The highest BCUT2D eigenvalue weighted by atomic mass is 79.9. The first-order valence-electron chi connectivity index (χ1n) is 12.3. The lowest BCUT2D eigenvalue weighted by atomic mass is 9.78. The van der Waals surface area contributed by atoms with Gasteiger partial charge in [0.05, 0.1) is 6.54 Å². The third kappa shape index (κ3) is 6.63. The lowest BCUT2D eigenvalue weighted by Crippen LogP contribution is -2.31. The van der Waals surface area contributed by atoms with Gasteiger partial charge >= 0.3 is 0 Å². The molecule has 1 saturated heterocycles. The zero-order valence-electron chi connectivity index (χ0n) is 22.2. The summed E-state index contributed by atoms with van der Waals surface area (Å²) in [6.45, 7) is 15.3. The summed E-state index contributed by atoms with van der Waals surface area (Å²) in [4.78, 5) is 15.4. The van der Waals surface area contributed by atoms with Gasteiger partial charge in [0.1, 0.15) is 11.6 Å². The Bertz CT molecular complexity index is 1060. The molecule has 1 aliphatic rings. The van der Waals surface area contributed by atoms with Crippen molar-refractivity contribution < 1.29 is 9.90 Å². The fraction of sp³-hybridized carbons (Fsp3) is 0.467. The van der Waals surface area contributed by atoms with Gasteiger partial charge < -0.3 is 10.0 Å². The van der Waals surface area contributed by atoms with Gasteiger partial charge in [0.15, 0.2) is 5.78 Å². The molecule has 0 spiro atoms. The summed E-state index contributed by atoms with van der Waals surface area (Å²) >= 11 is 0. The highest BCUT2D eigenvalue weighted by Crippen LogP contribution is 2.40. The van der Waals surface area contributed by atoms with Crippen molar-refractivity contribution in [3.05, 3.63) is 70.3 Å². The van der Waals surface area contributed by atoms with E-state index in [1.807, 2.05) is 35.2 Å². The number of carbonyl (C=O) groups excluding carboxylic acids is 1. The Kier molecular flexibility index (Phi) is 9.16. The zero-order chi connectivity index (χ0) is 25.3. The number of carbonyl (C=O) groups is 1. The molecule has 0 amide bonds. The van der Waals surface area contributed by atoms with Crippen LogP contribution in [0.25, 0.3) is 6.08 Å². The van der Waals surface area contributed by atoms with Gasteiger partial charge in [0, 0.05) is 29.2 Å². The first kappa shape index (κ1) is 28.8. The van der Waals surface area contributed by atoms with E-state index in [0.717, 1.165) is 35.1 Å². The Hall–Kier alpha value is -2.40. The number of rotatable bonds is 6. The van der Waals surface area contributed by atoms with Crippen LogP contribution in [-0.4, -0.2) is 34.7 Å². The topological polar surface area (TPSA) is 64.4 Å². The number of aromatic hydroxyl groups is 1. The van der Waals surface area contributed by atoms with E-state index >= 15 is 0 Å². The minimum atomic E-state index is -0.293. The molecule has 2 N–H and O–H groups in total. The van der Waals surface area contributed by atoms with Gasteiger partial charge in [-0.05, 0) is 46.6 Å². The van der Waals surface area contributed by atoms with E-state index in [1.165, 1.54) is 0 Å². The van der Waals surface area contributed by atoms with Crippen molar-refractivity contribution in [2.45, 2.75) is 72.1 Å². The third-order valence-electron chi connectivity index (χ3n) is 6.61. The highest BCUT2D eigenvalue weighted by molar-refractivity contribution is 8.93. The van der Waals surface area contributed by atoms with E-state index in [9.17, 15) is 9.90 Å². The van der Waals surface area contributed by atoms with E-state index < -0.39 is 0 Å². The van der Waals surface area contributed by atoms with Gasteiger partial charge in [-0.2, -0.15) is 0 Å². The van der Waals surface area contributed by atoms with Gasteiger partial charge in [-0.1, -0.05) is 85.2 Å². The number of nitrogens with one attached hydrogen (secondary N) is 1. The first-order valence-corrected chi connectivity index (χ1v) is 12.3. The summed E-state index contributed by atoms with van der Waals surface area (Å²) in [6, 6.07) is 13.8. The van der Waals surface area contributed by atoms with Crippen molar-refractivity contribution in [2.75, 3.05) is 13.1 Å². The van der Waals surface area contributed by atoms with Crippen LogP contribution < -0.4 is 0 Å². The fourth-order valence-corrected chi connectivity index (χ4v) is 4.69. The molecule has 0 aromatic heterocycles. The summed E-state index contributed by atoms with van der Waals surface area (Å²) in [5.74, 6) is 0.959. The molecule has 1 aliphatic heterocycles. The second kappa shape index (κ2) is 11.1. The van der Waals surface area contributed by atoms with Crippen LogP contribution >= 0.6 is 17.0 Å². The molecule has 35 heavy (non-hydrogen) atoms. The summed E-state index contributed by atoms with van der Waals surface area (Å²) < 4.78 is 0. The number of benzene rings is 2. The lowest BCUT2D eigenvalue weighted by Gasteiger charge is -2.28. The quantitative estimate of drug-likeness (QED) is 0.372. The van der Waals surface area contributed by atoms with Crippen LogP contribution in [0.3, 0.4) is 0 Å².